The van der Waals surface area contributed by atoms with Crippen molar-refractivity contribution in [3.05, 3.63) is 71.3 Å². The van der Waals surface area contributed by atoms with Crippen LogP contribution in [0.1, 0.15) is 27.5 Å². The first kappa shape index (κ1) is 15.2. The van der Waals surface area contributed by atoms with Gasteiger partial charge in [0, 0.05) is 13.7 Å². The average Bonchev–Trinajstić information content (AvgIpc) is 2.52. The van der Waals surface area contributed by atoms with Crippen molar-refractivity contribution in [2.45, 2.75) is 12.6 Å². The number of aromatic carboxylic acids is 1. The Kier molecular flexibility index (Phi) is 5.49. The predicted molar refractivity (Wildman–Crippen MR) is 81.3 cm³/mol. The first-order chi connectivity index (χ1) is 10.2. The first-order valence-corrected chi connectivity index (χ1v) is 6.80. The van der Waals surface area contributed by atoms with Crippen LogP contribution in [0, 0.1) is 0 Å². The zero-order chi connectivity index (χ0) is 15.1. The van der Waals surface area contributed by atoms with Gasteiger partial charge in [0.2, 0.25) is 0 Å². The molecule has 0 heterocycles. The predicted octanol–water partition coefficient (Wildman–Crippen LogP) is 2.86. The summed E-state index contributed by atoms with van der Waals surface area (Å²) >= 11 is 0. The smallest absolute Gasteiger partial charge is 0.335 e. The van der Waals surface area contributed by atoms with E-state index in [9.17, 15) is 4.79 Å². The van der Waals surface area contributed by atoms with Gasteiger partial charge in [0.25, 0.3) is 0 Å². The topological polar surface area (TPSA) is 58.6 Å². The van der Waals surface area contributed by atoms with Crippen molar-refractivity contribution in [3.63, 3.8) is 0 Å². The maximum Gasteiger partial charge on any atom is 0.335 e. The molecule has 0 aliphatic rings. The van der Waals surface area contributed by atoms with Crippen LogP contribution in [0.4, 0.5) is 0 Å². The number of carboxylic acids is 1. The van der Waals surface area contributed by atoms with Gasteiger partial charge in [-0.2, -0.15) is 0 Å². The molecular formula is C17H19NO3. The lowest BCUT2D eigenvalue weighted by atomic mass is 10.1. The fourth-order valence-corrected chi connectivity index (χ4v) is 2.13. The van der Waals surface area contributed by atoms with Gasteiger partial charge in [-0.25, -0.2) is 4.79 Å². The van der Waals surface area contributed by atoms with Crippen LogP contribution >= 0.6 is 0 Å². The quantitative estimate of drug-likeness (QED) is 0.821. The van der Waals surface area contributed by atoms with E-state index in [0.717, 1.165) is 5.56 Å². The van der Waals surface area contributed by atoms with E-state index in [1.54, 1.807) is 19.2 Å². The molecule has 0 radical (unpaired) electrons. The Morgan fingerprint density at radius 1 is 1.14 bits per heavy atom. The SMILES string of the molecule is COCC(NCc1ccc(C(=O)O)cc1)c1ccccc1. The van der Waals surface area contributed by atoms with Gasteiger partial charge in [-0.05, 0) is 23.3 Å². The van der Waals surface area contributed by atoms with Crippen LogP contribution in [-0.2, 0) is 11.3 Å². The summed E-state index contributed by atoms with van der Waals surface area (Å²) in [7, 11) is 1.68. The van der Waals surface area contributed by atoms with E-state index in [1.165, 1.54) is 5.56 Å². The Morgan fingerprint density at radius 2 is 1.81 bits per heavy atom. The Labute approximate surface area is 124 Å². The molecule has 2 aromatic carbocycles. The van der Waals surface area contributed by atoms with Crippen molar-refractivity contribution in [2.75, 3.05) is 13.7 Å². The standard InChI is InChI=1S/C17H19NO3/c1-21-12-16(14-5-3-2-4-6-14)18-11-13-7-9-15(10-8-13)17(19)20/h2-10,16,18H,11-12H2,1H3,(H,19,20). The highest BCUT2D eigenvalue weighted by Gasteiger charge is 2.10. The molecule has 0 bridgehead atoms. The molecule has 0 spiro atoms. The molecule has 0 saturated carbocycles. The molecule has 2 N–H and O–H groups in total. The minimum absolute atomic E-state index is 0.107. The fraction of sp³-hybridized carbons (Fsp3) is 0.235. The highest BCUT2D eigenvalue weighted by molar-refractivity contribution is 5.87. The highest BCUT2D eigenvalue weighted by Crippen LogP contribution is 2.14. The molecule has 0 amide bonds. The van der Waals surface area contributed by atoms with Gasteiger partial charge in [0.15, 0.2) is 0 Å². The Hall–Kier alpha value is -2.17. The number of ether oxygens (including phenoxy) is 1. The molecule has 0 saturated heterocycles. The lowest BCUT2D eigenvalue weighted by molar-refractivity contribution is 0.0697. The molecule has 110 valence electrons. The molecule has 4 heteroatoms. The molecule has 2 aromatic rings. The molecule has 4 nitrogen and oxygen atoms in total. The van der Waals surface area contributed by atoms with Gasteiger partial charge in [-0.3, -0.25) is 0 Å². The van der Waals surface area contributed by atoms with E-state index < -0.39 is 5.97 Å². The van der Waals surface area contributed by atoms with Crippen LogP contribution < -0.4 is 5.32 Å². The zero-order valence-electron chi connectivity index (χ0n) is 12.0. The molecule has 1 unspecified atom stereocenters. The number of carboxylic acid groups (broad SMARTS) is 1. The van der Waals surface area contributed by atoms with E-state index in [0.29, 0.717) is 18.7 Å². The van der Waals surface area contributed by atoms with Crippen LogP contribution in [-0.4, -0.2) is 24.8 Å². The Bertz CT molecular complexity index is 566. The summed E-state index contributed by atoms with van der Waals surface area (Å²) in [6.07, 6.45) is 0. The van der Waals surface area contributed by atoms with Crippen LogP contribution in [0.5, 0.6) is 0 Å². The Balaban J connectivity index is 2.00. The normalized spacial score (nSPS) is 12.0. The lowest BCUT2D eigenvalue weighted by Gasteiger charge is -2.18. The summed E-state index contributed by atoms with van der Waals surface area (Å²) in [5.74, 6) is -0.906. The third-order valence-electron chi connectivity index (χ3n) is 3.29. The number of nitrogens with one attached hydrogen (secondary N) is 1. The lowest BCUT2D eigenvalue weighted by Crippen LogP contribution is -2.24. The summed E-state index contributed by atoms with van der Waals surface area (Å²) in [5.41, 5.74) is 2.51. The van der Waals surface area contributed by atoms with E-state index in [-0.39, 0.29) is 6.04 Å². The van der Waals surface area contributed by atoms with Gasteiger partial charge in [0.1, 0.15) is 0 Å². The minimum atomic E-state index is -0.906. The van der Waals surface area contributed by atoms with Gasteiger partial charge >= 0.3 is 5.97 Å². The minimum Gasteiger partial charge on any atom is -0.478 e. The maximum absolute atomic E-state index is 10.8. The van der Waals surface area contributed by atoms with Gasteiger partial charge in [-0.15, -0.1) is 0 Å². The average molecular weight is 285 g/mol. The maximum atomic E-state index is 10.8. The summed E-state index contributed by atoms with van der Waals surface area (Å²) in [5, 5.41) is 12.3. The second-order valence-corrected chi connectivity index (χ2v) is 4.80. The molecule has 0 aliphatic heterocycles. The second kappa shape index (κ2) is 7.57. The Morgan fingerprint density at radius 3 is 2.38 bits per heavy atom. The first-order valence-electron chi connectivity index (χ1n) is 6.80. The van der Waals surface area contributed by atoms with Crippen molar-refractivity contribution in [2.24, 2.45) is 0 Å². The van der Waals surface area contributed by atoms with E-state index in [2.05, 4.69) is 17.4 Å². The highest BCUT2D eigenvalue weighted by atomic mass is 16.5. The summed E-state index contributed by atoms with van der Waals surface area (Å²) in [4.78, 5) is 10.8. The van der Waals surface area contributed by atoms with Crippen molar-refractivity contribution in [1.82, 2.24) is 5.32 Å². The zero-order valence-corrected chi connectivity index (χ0v) is 12.0. The summed E-state index contributed by atoms with van der Waals surface area (Å²) in [6.45, 7) is 1.24. The number of carbonyl (C=O) groups is 1. The van der Waals surface area contributed by atoms with Crippen molar-refractivity contribution >= 4 is 5.97 Å². The fourth-order valence-electron chi connectivity index (χ4n) is 2.13. The van der Waals surface area contributed by atoms with Crippen molar-refractivity contribution < 1.29 is 14.6 Å². The third kappa shape index (κ3) is 4.41. The van der Waals surface area contributed by atoms with E-state index in [1.807, 2.05) is 30.3 Å². The third-order valence-corrected chi connectivity index (χ3v) is 3.29. The van der Waals surface area contributed by atoms with Crippen LogP contribution in [0.25, 0.3) is 0 Å². The molecular weight excluding hydrogens is 266 g/mol. The van der Waals surface area contributed by atoms with Gasteiger partial charge < -0.3 is 15.2 Å². The molecule has 0 fully saturated rings. The second-order valence-electron chi connectivity index (χ2n) is 4.80. The monoisotopic (exact) mass is 285 g/mol. The number of benzene rings is 2. The van der Waals surface area contributed by atoms with Crippen LogP contribution in [0.15, 0.2) is 54.6 Å². The molecule has 1 atom stereocenters. The largest absolute Gasteiger partial charge is 0.478 e. The van der Waals surface area contributed by atoms with E-state index >= 15 is 0 Å². The van der Waals surface area contributed by atoms with Gasteiger partial charge in [-0.1, -0.05) is 42.5 Å². The van der Waals surface area contributed by atoms with Crippen molar-refractivity contribution in [1.29, 1.82) is 0 Å². The molecule has 21 heavy (non-hydrogen) atoms. The van der Waals surface area contributed by atoms with Crippen molar-refractivity contribution in [3.8, 4) is 0 Å². The number of rotatable bonds is 7. The molecule has 2 rings (SSSR count). The number of methoxy groups -OCH3 is 1. The van der Waals surface area contributed by atoms with E-state index in [4.69, 9.17) is 9.84 Å². The van der Waals surface area contributed by atoms with Gasteiger partial charge in [0.05, 0.1) is 18.2 Å². The summed E-state index contributed by atoms with van der Waals surface area (Å²) in [6, 6.07) is 17.1. The van der Waals surface area contributed by atoms with Crippen LogP contribution in [0.3, 0.4) is 0 Å². The molecule has 0 aliphatic carbocycles. The summed E-state index contributed by atoms with van der Waals surface area (Å²) < 4.78 is 5.26. The number of hydrogen-bond acceptors (Lipinski definition) is 3. The number of hydrogen-bond donors (Lipinski definition) is 2. The molecule has 0 aromatic heterocycles. The van der Waals surface area contributed by atoms with Crippen LogP contribution in [0.2, 0.25) is 0 Å².